The van der Waals surface area contributed by atoms with Crippen LogP contribution in [0.3, 0.4) is 0 Å². The number of aromatic nitrogens is 1. The molecule has 184 valence electrons. The van der Waals surface area contributed by atoms with Crippen LogP contribution in [0.4, 0.5) is 11.5 Å². The van der Waals surface area contributed by atoms with Crippen LogP contribution in [0.1, 0.15) is 41.6 Å². The normalized spacial score (nSPS) is 19.9. The van der Waals surface area contributed by atoms with Gasteiger partial charge in [-0.25, -0.2) is 4.98 Å². The first-order valence-corrected chi connectivity index (χ1v) is 12.9. The Morgan fingerprint density at radius 1 is 0.944 bits per heavy atom. The Balaban J connectivity index is 1.23. The summed E-state index contributed by atoms with van der Waals surface area (Å²) in [6.45, 7) is 3.75. The molecule has 3 aromatic rings. The quantitative estimate of drug-likeness (QED) is 0.586. The van der Waals surface area contributed by atoms with Crippen LogP contribution >= 0.6 is 0 Å². The maximum absolute atomic E-state index is 13.3. The summed E-state index contributed by atoms with van der Waals surface area (Å²) >= 11 is 0. The SMILES string of the molecule is O=C1CNc2ncc(-c3ccc(C(=O)N4CCCC4N4CCCC4)cc3)cc2N1Cc1ccccc1. The molecule has 3 aliphatic heterocycles. The fourth-order valence-electron chi connectivity index (χ4n) is 5.66. The van der Waals surface area contributed by atoms with Crippen molar-refractivity contribution in [2.75, 3.05) is 36.4 Å². The van der Waals surface area contributed by atoms with Crippen LogP contribution < -0.4 is 10.2 Å². The largest absolute Gasteiger partial charge is 0.359 e. The molecule has 4 heterocycles. The first kappa shape index (κ1) is 22.7. The third-order valence-electron chi connectivity index (χ3n) is 7.56. The topological polar surface area (TPSA) is 68.8 Å². The van der Waals surface area contributed by atoms with Crippen molar-refractivity contribution in [3.05, 3.63) is 78.0 Å². The number of pyridine rings is 1. The van der Waals surface area contributed by atoms with Gasteiger partial charge in [0, 0.05) is 37.0 Å². The number of carbonyl (C=O) groups excluding carboxylic acids is 2. The first-order chi connectivity index (χ1) is 17.7. The second-order valence-corrected chi connectivity index (χ2v) is 9.85. The van der Waals surface area contributed by atoms with Crippen LogP contribution in [0.5, 0.6) is 0 Å². The van der Waals surface area contributed by atoms with E-state index in [0.29, 0.717) is 12.4 Å². The van der Waals surface area contributed by atoms with Crippen LogP contribution in [0.2, 0.25) is 0 Å². The predicted octanol–water partition coefficient (Wildman–Crippen LogP) is 4.37. The third-order valence-corrected chi connectivity index (χ3v) is 7.56. The molecule has 2 amide bonds. The average Bonchev–Trinajstić information content (AvgIpc) is 3.63. The summed E-state index contributed by atoms with van der Waals surface area (Å²) < 4.78 is 0. The van der Waals surface area contributed by atoms with E-state index in [1.807, 2.05) is 66.9 Å². The van der Waals surface area contributed by atoms with Gasteiger partial charge in [-0.15, -0.1) is 0 Å². The van der Waals surface area contributed by atoms with Crippen molar-refractivity contribution in [2.24, 2.45) is 0 Å². The number of hydrogen-bond acceptors (Lipinski definition) is 5. The summed E-state index contributed by atoms with van der Waals surface area (Å²) in [5.74, 6) is 0.843. The molecule has 36 heavy (non-hydrogen) atoms. The minimum Gasteiger partial charge on any atom is -0.359 e. The van der Waals surface area contributed by atoms with Crippen LogP contribution in [-0.4, -0.2) is 58.9 Å². The van der Waals surface area contributed by atoms with Gasteiger partial charge in [-0.1, -0.05) is 42.5 Å². The van der Waals surface area contributed by atoms with Crippen LogP contribution in [0, 0.1) is 0 Å². The van der Waals surface area contributed by atoms with Crippen molar-refractivity contribution < 1.29 is 9.59 Å². The highest BCUT2D eigenvalue weighted by Crippen LogP contribution is 2.33. The van der Waals surface area contributed by atoms with E-state index in [1.54, 1.807) is 4.90 Å². The smallest absolute Gasteiger partial charge is 0.255 e. The van der Waals surface area contributed by atoms with Gasteiger partial charge in [0.2, 0.25) is 5.91 Å². The van der Waals surface area contributed by atoms with Crippen molar-refractivity contribution in [2.45, 2.75) is 38.4 Å². The zero-order valence-corrected chi connectivity index (χ0v) is 20.4. The monoisotopic (exact) mass is 481 g/mol. The maximum atomic E-state index is 13.3. The molecule has 0 bridgehead atoms. The molecule has 0 spiro atoms. The number of likely N-dealkylation sites (tertiary alicyclic amines) is 2. The summed E-state index contributed by atoms with van der Waals surface area (Å²) in [6.07, 6.45) is 6.65. The van der Waals surface area contributed by atoms with Gasteiger partial charge < -0.3 is 15.1 Å². The molecule has 0 saturated carbocycles. The predicted molar refractivity (Wildman–Crippen MR) is 141 cm³/mol. The summed E-state index contributed by atoms with van der Waals surface area (Å²) in [5, 5.41) is 3.13. The van der Waals surface area contributed by atoms with Gasteiger partial charge in [-0.2, -0.15) is 0 Å². The molecule has 2 fully saturated rings. The first-order valence-electron chi connectivity index (χ1n) is 12.9. The van der Waals surface area contributed by atoms with E-state index >= 15 is 0 Å². The number of benzene rings is 2. The number of anilines is 2. The van der Waals surface area contributed by atoms with Crippen LogP contribution in [0.15, 0.2) is 66.9 Å². The van der Waals surface area contributed by atoms with E-state index < -0.39 is 0 Å². The molecule has 2 aromatic carbocycles. The standard InChI is InChI=1S/C29H31N5O2/c35-27-19-31-28-25(34(27)20-21-7-2-1-3-8-21)17-24(18-30-28)22-10-12-23(13-11-22)29(36)33-16-6-9-26(33)32-14-4-5-15-32/h1-3,7-8,10-13,17-18,26H,4-6,9,14-16,19-20H2,(H,30,31). The van der Waals surface area contributed by atoms with E-state index in [9.17, 15) is 9.59 Å². The van der Waals surface area contributed by atoms with E-state index in [0.717, 1.165) is 60.4 Å². The van der Waals surface area contributed by atoms with Gasteiger partial charge in [-0.3, -0.25) is 14.5 Å². The lowest BCUT2D eigenvalue weighted by Crippen LogP contribution is -2.46. The number of fused-ring (bicyclic) bond motifs is 1. The highest BCUT2D eigenvalue weighted by atomic mass is 16.2. The number of carbonyl (C=O) groups is 2. The average molecular weight is 482 g/mol. The maximum Gasteiger partial charge on any atom is 0.255 e. The molecule has 0 radical (unpaired) electrons. The van der Waals surface area contributed by atoms with Crippen molar-refractivity contribution in [3.8, 4) is 11.1 Å². The highest BCUT2D eigenvalue weighted by molar-refractivity contribution is 6.02. The van der Waals surface area contributed by atoms with E-state index in [-0.39, 0.29) is 24.5 Å². The van der Waals surface area contributed by atoms with Crippen molar-refractivity contribution in [3.63, 3.8) is 0 Å². The summed E-state index contributed by atoms with van der Waals surface area (Å²) in [4.78, 5) is 37.0. The summed E-state index contributed by atoms with van der Waals surface area (Å²) in [7, 11) is 0. The zero-order valence-electron chi connectivity index (χ0n) is 20.4. The fourth-order valence-corrected chi connectivity index (χ4v) is 5.66. The summed E-state index contributed by atoms with van der Waals surface area (Å²) in [5.41, 5.74) is 4.45. The Morgan fingerprint density at radius 2 is 1.72 bits per heavy atom. The van der Waals surface area contributed by atoms with Gasteiger partial charge >= 0.3 is 0 Å². The molecule has 1 N–H and O–H groups in total. The van der Waals surface area contributed by atoms with Gasteiger partial charge in [0.25, 0.3) is 5.91 Å². The molecule has 1 unspecified atom stereocenters. The van der Waals surface area contributed by atoms with Crippen molar-refractivity contribution in [1.82, 2.24) is 14.8 Å². The van der Waals surface area contributed by atoms with Crippen molar-refractivity contribution >= 4 is 23.3 Å². The number of amides is 2. The Morgan fingerprint density at radius 3 is 2.50 bits per heavy atom. The van der Waals surface area contributed by atoms with Gasteiger partial charge in [-0.05, 0) is 55.0 Å². The number of nitrogens with zero attached hydrogens (tertiary/aromatic N) is 4. The molecule has 7 nitrogen and oxygen atoms in total. The molecule has 1 atom stereocenters. The zero-order chi connectivity index (χ0) is 24.5. The Kier molecular flexibility index (Phi) is 6.15. The lowest BCUT2D eigenvalue weighted by molar-refractivity contribution is -0.117. The van der Waals surface area contributed by atoms with E-state index in [2.05, 4.69) is 20.1 Å². The van der Waals surface area contributed by atoms with Crippen molar-refractivity contribution in [1.29, 1.82) is 0 Å². The number of hydrogen-bond donors (Lipinski definition) is 1. The molecular formula is C29H31N5O2. The van der Waals surface area contributed by atoms with Gasteiger partial charge in [0.15, 0.2) is 5.82 Å². The molecular weight excluding hydrogens is 450 g/mol. The highest BCUT2D eigenvalue weighted by Gasteiger charge is 2.34. The minimum atomic E-state index is 0.0180. The van der Waals surface area contributed by atoms with Crippen LogP contribution in [0.25, 0.3) is 11.1 Å². The molecule has 6 rings (SSSR count). The molecule has 7 heteroatoms. The second-order valence-electron chi connectivity index (χ2n) is 9.85. The van der Waals surface area contributed by atoms with Gasteiger partial charge in [0.1, 0.15) is 0 Å². The summed E-state index contributed by atoms with van der Waals surface area (Å²) in [6, 6.07) is 19.8. The fraction of sp³-hybridized carbons (Fsp3) is 0.345. The van der Waals surface area contributed by atoms with E-state index in [4.69, 9.17) is 0 Å². The lowest BCUT2D eigenvalue weighted by atomic mass is 10.0. The number of nitrogens with one attached hydrogen (secondary N) is 1. The third kappa shape index (κ3) is 4.35. The second kappa shape index (κ2) is 9.74. The Hall–Kier alpha value is -3.71. The molecule has 1 aromatic heterocycles. The molecule has 0 aliphatic carbocycles. The molecule has 2 saturated heterocycles. The lowest BCUT2D eigenvalue weighted by Gasteiger charge is -2.32. The molecule has 3 aliphatic rings. The Labute approximate surface area is 211 Å². The number of rotatable bonds is 5. The van der Waals surface area contributed by atoms with Crippen LogP contribution in [-0.2, 0) is 11.3 Å². The van der Waals surface area contributed by atoms with Gasteiger partial charge in [0.05, 0.1) is 24.9 Å². The minimum absolute atomic E-state index is 0.0180. The Bertz CT molecular complexity index is 1250. The van der Waals surface area contributed by atoms with E-state index in [1.165, 1.54) is 12.8 Å².